The Morgan fingerprint density at radius 3 is 2.55 bits per heavy atom. The highest BCUT2D eigenvalue weighted by Crippen LogP contribution is 2.28. The molecule has 0 spiro atoms. The number of carbonyl (C=O) groups excluding carboxylic acids is 1. The van der Waals surface area contributed by atoms with E-state index in [1.165, 1.54) is 4.90 Å². The summed E-state index contributed by atoms with van der Waals surface area (Å²) in [5.74, 6) is -1.79. The van der Waals surface area contributed by atoms with Gasteiger partial charge in [-0.2, -0.15) is 0 Å². The molecule has 2 rings (SSSR count). The Morgan fingerprint density at radius 2 is 2.10 bits per heavy atom. The number of alkyl halides is 1. The molecule has 0 bridgehead atoms. The van der Waals surface area contributed by atoms with Gasteiger partial charge in [0.15, 0.2) is 0 Å². The maximum Gasteiger partial charge on any atom is 0.343 e. The lowest BCUT2D eigenvalue weighted by atomic mass is 10.1. The van der Waals surface area contributed by atoms with E-state index in [-0.39, 0.29) is 25.4 Å². The van der Waals surface area contributed by atoms with Crippen LogP contribution in [-0.2, 0) is 11.3 Å². The average molecular weight is 282 g/mol. The molecule has 1 unspecified atom stereocenters. The summed E-state index contributed by atoms with van der Waals surface area (Å²) in [6, 6.07) is 1.78. The molecule has 6 heteroatoms. The first-order valence-corrected chi connectivity index (χ1v) is 6.68. The number of likely N-dealkylation sites (tertiary alicyclic amines) is 1. The number of aromatic nitrogens is 1. The Hall–Kier alpha value is -1.85. The highest BCUT2D eigenvalue weighted by molar-refractivity contribution is 5.96. The van der Waals surface area contributed by atoms with Gasteiger partial charge in [-0.1, -0.05) is 0 Å². The third kappa shape index (κ3) is 2.19. The van der Waals surface area contributed by atoms with Crippen LogP contribution in [-0.4, -0.2) is 45.2 Å². The zero-order valence-corrected chi connectivity index (χ0v) is 11.9. The first kappa shape index (κ1) is 14.6. The molecule has 1 aromatic rings. The van der Waals surface area contributed by atoms with Crippen LogP contribution in [0.25, 0.3) is 0 Å². The fourth-order valence-electron chi connectivity index (χ4n) is 2.80. The molecule has 110 valence electrons. The summed E-state index contributed by atoms with van der Waals surface area (Å²) in [6.07, 6.45) is -0.152. The average Bonchev–Trinajstić information content (AvgIpc) is 2.91. The van der Waals surface area contributed by atoms with E-state index in [1.54, 1.807) is 6.07 Å². The van der Waals surface area contributed by atoms with Crippen molar-refractivity contribution >= 4 is 11.9 Å². The quantitative estimate of drug-likeness (QED) is 0.919. The zero-order valence-electron chi connectivity index (χ0n) is 11.9. The molecule has 1 N–H and O–H groups in total. The minimum Gasteiger partial charge on any atom is -0.479 e. The van der Waals surface area contributed by atoms with E-state index >= 15 is 0 Å². The molecule has 2 heterocycles. The van der Waals surface area contributed by atoms with Gasteiger partial charge in [-0.3, -0.25) is 4.79 Å². The number of hydrogen-bond acceptors (Lipinski definition) is 2. The molecule has 1 aromatic heterocycles. The third-order valence-electron chi connectivity index (χ3n) is 4.01. The molecule has 0 saturated carbocycles. The van der Waals surface area contributed by atoms with Gasteiger partial charge >= 0.3 is 5.97 Å². The number of halogens is 1. The molecule has 1 aliphatic rings. The lowest BCUT2D eigenvalue weighted by Crippen LogP contribution is -2.39. The summed E-state index contributed by atoms with van der Waals surface area (Å²) in [5, 5.41) is 8.87. The van der Waals surface area contributed by atoms with E-state index in [2.05, 4.69) is 0 Å². The number of rotatable bonds is 3. The Bertz CT molecular complexity index is 567. The molecular weight excluding hydrogens is 263 g/mol. The number of carbonyl (C=O) groups is 2. The van der Waals surface area contributed by atoms with Crippen molar-refractivity contribution in [1.82, 2.24) is 9.47 Å². The van der Waals surface area contributed by atoms with E-state index in [4.69, 9.17) is 5.11 Å². The number of amides is 1. The predicted octanol–water partition coefficient (Wildman–Crippen LogP) is 1.76. The van der Waals surface area contributed by atoms with Crippen LogP contribution in [0.4, 0.5) is 4.39 Å². The molecule has 1 aliphatic heterocycles. The first-order valence-electron chi connectivity index (χ1n) is 6.68. The second kappa shape index (κ2) is 4.92. The highest BCUT2D eigenvalue weighted by Gasteiger charge is 2.47. The van der Waals surface area contributed by atoms with Crippen molar-refractivity contribution in [2.45, 2.75) is 39.4 Å². The summed E-state index contributed by atoms with van der Waals surface area (Å²) in [7, 11) is 0. The second-order valence-electron chi connectivity index (χ2n) is 5.28. The van der Waals surface area contributed by atoms with E-state index in [0.29, 0.717) is 5.56 Å². The Balaban J connectivity index is 2.24. The number of carboxylic acid groups (broad SMARTS) is 1. The van der Waals surface area contributed by atoms with Crippen molar-refractivity contribution in [2.24, 2.45) is 0 Å². The lowest BCUT2D eigenvalue weighted by molar-refractivity contribution is -0.149. The lowest BCUT2D eigenvalue weighted by Gasteiger charge is -2.17. The molecule has 1 amide bonds. The van der Waals surface area contributed by atoms with Crippen LogP contribution < -0.4 is 0 Å². The zero-order chi connectivity index (χ0) is 15.1. The van der Waals surface area contributed by atoms with Gasteiger partial charge in [-0.05, 0) is 26.8 Å². The largest absolute Gasteiger partial charge is 0.479 e. The Kier molecular flexibility index (Phi) is 3.58. The third-order valence-corrected chi connectivity index (χ3v) is 4.01. The number of aliphatic carboxylic acids is 1. The molecule has 1 atom stereocenters. The number of carboxylic acids is 1. The summed E-state index contributed by atoms with van der Waals surface area (Å²) in [6.45, 7) is 6.26. The minimum absolute atomic E-state index is 0.136. The Labute approximate surface area is 117 Å². The van der Waals surface area contributed by atoms with Crippen LogP contribution in [0.15, 0.2) is 6.07 Å². The van der Waals surface area contributed by atoms with Crippen molar-refractivity contribution in [3.8, 4) is 0 Å². The van der Waals surface area contributed by atoms with Gasteiger partial charge in [0.05, 0.1) is 12.1 Å². The molecule has 5 nitrogen and oxygen atoms in total. The maximum atomic E-state index is 14.0. The molecule has 0 aromatic carbocycles. The highest BCUT2D eigenvalue weighted by atomic mass is 19.1. The number of hydrogen-bond donors (Lipinski definition) is 1. The fourth-order valence-corrected chi connectivity index (χ4v) is 2.80. The monoisotopic (exact) mass is 282 g/mol. The second-order valence-corrected chi connectivity index (χ2v) is 5.28. The molecule has 0 aliphatic carbocycles. The summed E-state index contributed by atoms with van der Waals surface area (Å²) >= 11 is 0. The van der Waals surface area contributed by atoms with Gasteiger partial charge in [0.2, 0.25) is 5.67 Å². The van der Waals surface area contributed by atoms with E-state index in [1.807, 2.05) is 25.3 Å². The smallest absolute Gasteiger partial charge is 0.343 e. The SMILES string of the molecule is CCn1c(C)cc(C(=O)N2CCC(F)(C(=O)O)C2)c1C. The maximum absolute atomic E-state index is 14.0. The van der Waals surface area contributed by atoms with Crippen molar-refractivity contribution in [3.63, 3.8) is 0 Å². The van der Waals surface area contributed by atoms with Gasteiger partial charge in [0, 0.05) is 30.9 Å². The van der Waals surface area contributed by atoms with Crippen LogP contribution in [0.1, 0.15) is 35.1 Å². The van der Waals surface area contributed by atoms with Crippen molar-refractivity contribution in [3.05, 3.63) is 23.0 Å². The van der Waals surface area contributed by atoms with Crippen molar-refractivity contribution in [2.75, 3.05) is 13.1 Å². The molecular formula is C14H19FN2O3. The Morgan fingerprint density at radius 1 is 1.45 bits per heavy atom. The van der Waals surface area contributed by atoms with Crippen LogP contribution >= 0.6 is 0 Å². The molecule has 1 saturated heterocycles. The van der Waals surface area contributed by atoms with Gasteiger partial charge in [-0.15, -0.1) is 0 Å². The fraction of sp³-hybridized carbons (Fsp3) is 0.571. The van der Waals surface area contributed by atoms with Gasteiger partial charge < -0.3 is 14.6 Å². The summed E-state index contributed by atoms with van der Waals surface area (Å²) < 4.78 is 16.0. The van der Waals surface area contributed by atoms with Crippen molar-refractivity contribution < 1.29 is 19.1 Å². The van der Waals surface area contributed by atoms with Gasteiger partial charge in [0.1, 0.15) is 0 Å². The van der Waals surface area contributed by atoms with Crippen LogP contribution in [0.5, 0.6) is 0 Å². The van der Waals surface area contributed by atoms with E-state index in [9.17, 15) is 14.0 Å². The minimum atomic E-state index is -2.31. The van der Waals surface area contributed by atoms with Gasteiger partial charge in [0.25, 0.3) is 5.91 Å². The standard InChI is InChI=1S/C14H19FN2O3/c1-4-17-9(2)7-11(10(17)3)12(18)16-6-5-14(15,8-16)13(19)20/h7H,4-6,8H2,1-3H3,(H,19,20). The summed E-state index contributed by atoms with van der Waals surface area (Å²) in [4.78, 5) is 24.6. The van der Waals surface area contributed by atoms with Gasteiger partial charge in [-0.25, -0.2) is 9.18 Å². The predicted molar refractivity (Wildman–Crippen MR) is 71.6 cm³/mol. The number of aryl methyl sites for hydroxylation is 1. The molecule has 0 radical (unpaired) electrons. The van der Waals surface area contributed by atoms with E-state index in [0.717, 1.165) is 17.9 Å². The van der Waals surface area contributed by atoms with Crippen molar-refractivity contribution in [1.29, 1.82) is 0 Å². The first-order chi connectivity index (χ1) is 9.30. The normalized spacial score (nSPS) is 22.3. The molecule has 1 fully saturated rings. The number of nitrogens with zero attached hydrogens (tertiary/aromatic N) is 2. The topological polar surface area (TPSA) is 62.5 Å². The van der Waals surface area contributed by atoms with E-state index < -0.39 is 11.6 Å². The van der Waals surface area contributed by atoms with Crippen LogP contribution in [0.3, 0.4) is 0 Å². The molecule has 20 heavy (non-hydrogen) atoms. The van der Waals surface area contributed by atoms with Crippen LogP contribution in [0.2, 0.25) is 0 Å². The van der Waals surface area contributed by atoms with Crippen LogP contribution in [0, 0.1) is 13.8 Å². The summed E-state index contributed by atoms with van der Waals surface area (Å²) in [5.41, 5.74) is 0.0179.